The van der Waals surface area contributed by atoms with E-state index in [2.05, 4.69) is 10.3 Å². The zero-order valence-corrected chi connectivity index (χ0v) is 18.2. The molecule has 1 aliphatic rings. The summed E-state index contributed by atoms with van der Waals surface area (Å²) in [5, 5.41) is 2.81. The maximum Gasteiger partial charge on any atom is 0.325 e. The van der Waals surface area contributed by atoms with Gasteiger partial charge in [0, 0.05) is 30.8 Å². The van der Waals surface area contributed by atoms with Crippen molar-refractivity contribution in [2.24, 2.45) is 5.92 Å². The predicted molar refractivity (Wildman–Crippen MR) is 112 cm³/mol. The zero-order chi connectivity index (χ0) is 22.8. The number of aromatic nitrogens is 2. The Kier molecular flexibility index (Phi) is 6.51. The highest BCUT2D eigenvalue weighted by molar-refractivity contribution is 7.89. The van der Waals surface area contributed by atoms with Gasteiger partial charge in [0.15, 0.2) is 4.90 Å². The highest BCUT2D eigenvalue weighted by Gasteiger charge is 2.35. The predicted octanol–water partition coefficient (Wildman–Crippen LogP) is 0.428. The molecule has 2 heterocycles. The van der Waals surface area contributed by atoms with E-state index in [1.54, 1.807) is 18.2 Å². The number of sulfonamides is 1. The summed E-state index contributed by atoms with van der Waals surface area (Å²) in [5.41, 5.74) is -1.28. The summed E-state index contributed by atoms with van der Waals surface area (Å²) in [6.07, 6.45) is 0.563. The Morgan fingerprint density at radius 3 is 2.39 bits per heavy atom. The van der Waals surface area contributed by atoms with Crippen LogP contribution in [0.4, 0.5) is 5.69 Å². The normalized spacial score (nSPS) is 15.5. The molecule has 1 aliphatic heterocycles. The van der Waals surface area contributed by atoms with E-state index in [-0.39, 0.29) is 37.5 Å². The molecule has 0 radical (unpaired) electrons. The average Bonchev–Trinajstić information content (AvgIpc) is 2.73. The van der Waals surface area contributed by atoms with Gasteiger partial charge < -0.3 is 19.8 Å². The molecule has 12 heteroatoms. The number of benzene rings is 1. The standard InChI is InChI=1S/C19H24N4O7S/c1-11-16(18(25)22-19(26)20-11)31(27,28)23-8-6-12(7-9-23)17(24)21-14-5-4-13(29-2)10-15(14)30-3/h4-5,10,12H,6-9H2,1-3H3,(H,21,24)(H2,20,22,25,26). The molecule has 3 rings (SSSR count). The van der Waals surface area contributed by atoms with Crippen LogP contribution in [0.3, 0.4) is 0 Å². The van der Waals surface area contributed by atoms with Gasteiger partial charge in [-0.15, -0.1) is 0 Å². The number of nitrogens with one attached hydrogen (secondary N) is 3. The van der Waals surface area contributed by atoms with Gasteiger partial charge >= 0.3 is 5.69 Å². The number of aromatic amines is 2. The molecular weight excluding hydrogens is 428 g/mol. The number of piperidine rings is 1. The third-order valence-electron chi connectivity index (χ3n) is 5.16. The SMILES string of the molecule is COc1ccc(NC(=O)C2CCN(S(=O)(=O)c3c(C)[nH]c(=O)[nH]c3=O)CC2)c(OC)c1. The lowest BCUT2D eigenvalue weighted by molar-refractivity contribution is -0.120. The summed E-state index contributed by atoms with van der Waals surface area (Å²) in [7, 11) is -1.11. The van der Waals surface area contributed by atoms with Crippen molar-refractivity contribution in [1.29, 1.82) is 0 Å². The van der Waals surface area contributed by atoms with Crippen molar-refractivity contribution in [3.63, 3.8) is 0 Å². The van der Waals surface area contributed by atoms with Crippen LogP contribution in [0, 0.1) is 12.8 Å². The second kappa shape index (κ2) is 8.94. The van der Waals surface area contributed by atoms with Gasteiger partial charge in [-0.25, -0.2) is 13.2 Å². The molecule has 168 valence electrons. The first-order valence-electron chi connectivity index (χ1n) is 9.53. The highest BCUT2D eigenvalue weighted by atomic mass is 32.2. The summed E-state index contributed by atoms with van der Waals surface area (Å²) < 4.78 is 37.4. The zero-order valence-electron chi connectivity index (χ0n) is 17.4. The van der Waals surface area contributed by atoms with Gasteiger partial charge in [0.2, 0.25) is 15.9 Å². The molecule has 0 atom stereocenters. The van der Waals surface area contributed by atoms with Gasteiger partial charge in [-0.1, -0.05) is 0 Å². The fraction of sp³-hybridized carbons (Fsp3) is 0.421. The number of carbonyl (C=O) groups excluding carboxylic acids is 1. The van der Waals surface area contributed by atoms with Crippen molar-refractivity contribution in [3.05, 3.63) is 44.7 Å². The van der Waals surface area contributed by atoms with Crippen LogP contribution in [-0.4, -0.2) is 55.9 Å². The second-order valence-corrected chi connectivity index (χ2v) is 8.97. The molecule has 0 aliphatic carbocycles. The largest absolute Gasteiger partial charge is 0.497 e. The van der Waals surface area contributed by atoms with Gasteiger partial charge in [-0.05, 0) is 31.9 Å². The molecule has 0 unspecified atom stereocenters. The maximum atomic E-state index is 12.9. The average molecular weight is 452 g/mol. The number of amides is 1. The maximum absolute atomic E-state index is 12.9. The number of ether oxygens (including phenoxy) is 2. The van der Waals surface area contributed by atoms with Crippen molar-refractivity contribution < 1.29 is 22.7 Å². The van der Waals surface area contributed by atoms with E-state index >= 15 is 0 Å². The Labute approximate surface area is 178 Å². The third-order valence-corrected chi connectivity index (χ3v) is 7.22. The van der Waals surface area contributed by atoms with Gasteiger partial charge in [0.25, 0.3) is 5.56 Å². The van der Waals surface area contributed by atoms with Crippen LogP contribution in [0.25, 0.3) is 0 Å². The fourth-order valence-corrected chi connectivity index (χ4v) is 5.20. The highest BCUT2D eigenvalue weighted by Crippen LogP contribution is 2.30. The quantitative estimate of drug-likeness (QED) is 0.575. The van der Waals surface area contributed by atoms with Crippen LogP contribution in [0.15, 0.2) is 32.7 Å². The summed E-state index contributed by atoms with van der Waals surface area (Å²) in [5.74, 6) is 0.369. The molecule has 0 spiro atoms. The van der Waals surface area contributed by atoms with Gasteiger partial charge in [0.05, 0.1) is 19.9 Å². The van der Waals surface area contributed by atoms with E-state index in [1.165, 1.54) is 21.1 Å². The fourth-order valence-electron chi connectivity index (χ4n) is 3.52. The van der Waals surface area contributed by atoms with Crippen LogP contribution in [0.5, 0.6) is 11.5 Å². The summed E-state index contributed by atoms with van der Waals surface area (Å²) in [4.78, 5) is 39.9. The lowest BCUT2D eigenvalue weighted by atomic mass is 9.97. The Balaban J connectivity index is 1.70. The van der Waals surface area contributed by atoms with Crippen LogP contribution in [0.2, 0.25) is 0 Å². The number of anilines is 1. The molecule has 1 amide bonds. The van der Waals surface area contributed by atoms with Gasteiger partial charge in [-0.3, -0.25) is 14.6 Å². The number of H-pyrrole nitrogens is 2. The van der Waals surface area contributed by atoms with E-state index in [0.717, 1.165) is 4.31 Å². The number of nitrogens with zero attached hydrogens (tertiary/aromatic N) is 1. The van der Waals surface area contributed by atoms with Crippen LogP contribution >= 0.6 is 0 Å². The lowest BCUT2D eigenvalue weighted by Gasteiger charge is -2.30. The summed E-state index contributed by atoms with van der Waals surface area (Å²) in [6, 6.07) is 5.01. The summed E-state index contributed by atoms with van der Waals surface area (Å²) >= 11 is 0. The van der Waals surface area contributed by atoms with Gasteiger partial charge in [0.1, 0.15) is 11.5 Å². The number of rotatable bonds is 6. The number of carbonyl (C=O) groups is 1. The summed E-state index contributed by atoms with van der Waals surface area (Å²) in [6.45, 7) is 1.49. The molecule has 1 fully saturated rings. The Morgan fingerprint density at radius 2 is 1.81 bits per heavy atom. The third kappa shape index (κ3) is 4.64. The molecule has 0 bridgehead atoms. The van der Waals surface area contributed by atoms with E-state index in [1.807, 2.05) is 4.98 Å². The number of methoxy groups -OCH3 is 2. The molecule has 1 saturated heterocycles. The molecule has 2 aromatic rings. The number of hydrogen-bond acceptors (Lipinski definition) is 7. The smallest absolute Gasteiger partial charge is 0.325 e. The molecule has 31 heavy (non-hydrogen) atoms. The van der Waals surface area contributed by atoms with Crippen molar-refractivity contribution in [2.45, 2.75) is 24.7 Å². The monoisotopic (exact) mass is 452 g/mol. The first-order chi connectivity index (χ1) is 14.7. The van der Waals surface area contributed by atoms with Crippen LogP contribution in [-0.2, 0) is 14.8 Å². The van der Waals surface area contributed by atoms with E-state index in [0.29, 0.717) is 17.2 Å². The molecule has 3 N–H and O–H groups in total. The molecule has 0 saturated carbocycles. The molecule has 11 nitrogen and oxygen atoms in total. The Bertz CT molecular complexity index is 1190. The van der Waals surface area contributed by atoms with Gasteiger partial charge in [-0.2, -0.15) is 4.31 Å². The molecule has 1 aromatic carbocycles. The minimum absolute atomic E-state index is 0.0276. The van der Waals surface area contributed by atoms with Crippen molar-refractivity contribution in [1.82, 2.24) is 14.3 Å². The van der Waals surface area contributed by atoms with E-state index in [4.69, 9.17) is 9.47 Å². The lowest BCUT2D eigenvalue weighted by Crippen LogP contribution is -2.44. The van der Waals surface area contributed by atoms with Crippen molar-refractivity contribution in [3.8, 4) is 11.5 Å². The molecule has 1 aromatic heterocycles. The Morgan fingerprint density at radius 1 is 1.13 bits per heavy atom. The van der Waals surface area contributed by atoms with Crippen LogP contribution in [0.1, 0.15) is 18.5 Å². The minimum Gasteiger partial charge on any atom is -0.497 e. The van der Waals surface area contributed by atoms with Crippen molar-refractivity contribution in [2.75, 3.05) is 32.6 Å². The minimum atomic E-state index is -4.11. The first kappa shape index (κ1) is 22.6. The van der Waals surface area contributed by atoms with E-state index in [9.17, 15) is 22.8 Å². The van der Waals surface area contributed by atoms with E-state index < -0.39 is 32.1 Å². The van der Waals surface area contributed by atoms with Crippen LogP contribution < -0.4 is 26.0 Å². The topological polar surface area (TPSA) is 151 Å². The number of hydrogen-bond donors (Lipinski definition) is 3. The van der Waals surface area contributed by atoms with Crippen molar-refractivity contribution >= 4 is 21.6 Å². The molecular formula is C19H24N4O7S. The second-order valence-electron chi connectivity index (χ2n) is 7.10. The first-order valence-corrected chi connectivity index (χ1v) is 11.0. The number of aryl methyl sites for hydroxylation is 1. The Hall–Kier alpha value is -3.12.